The van der Waals surface area contributed by atoms with Crippen molar-refractivity contribution in [2.75, 3.05) is 10.6 Å². The highest BCUT2D eigenvalue weighted by Gasteiger charge is 2.21. The zero-order valence-corrected chi connectivity index (χ0v) is 32.0. The minimum Gasteiger partial charge on any atom is -0.505 e. The lowest BCUT2D eigenvalue weighted by Gasteiger charge is -2.11. The largest absolute Gasteiger partial charge is 0.505 e. The molecule has 0 radical (unpaired) electrons. The van der Waals surface area contributed by atoms with Crippen LogP contribution in [0.25, 0.3) is 32.7 Å². The molecule has 0 atom stereocenters. The Morgan fingerprint density at radius 3 is 1.18 bits per heavy atom. The molecule has 0 aliphatic heterocycles. The average molecular weight is 823 g/mol. The van der Waals surface area contributed by atoms with Crippen molar-refractivity contribution in [2.45, 2.75) is 0 Å². The van der Waals surface area contributed by atoms with E-state index in [0.29, 0.717) is 44.3 Å². The molecule has 8 aromatic rings. The number of carbonyl (C=O) groups excluding carboxylic acids is 2. The van der Waals surface area contributed by atoms with Crippen molar-refractivity contribution in [1.82, 2.24) is 0 Å². The fourth-order valence-corrected chi connectivity index (χ4v) is 6.57. The summed E-state index contributed by atoms with van der Waals surface area (Å²) in [6.07, 6.45) is 0. The van der Waals surface area contributed by atoms with Crippen molar-refractivity contribution in [1.29, 1.82) is 0 Å². The molecule has 302 valence electrons. The van der Waals surface area contributed by atoms with Crippen molar-refractivity contribution >= 4 is 78.9 Å². The summed E-state index contributed by atoms with van der Waals surface area (Å²) in [6, 6.07) is 42.2. The first kappa shape index (κ1) is 39.6. The van der Waals surface area contributed by atoms with E-state index >= 15 is 0 Å². The maximum Gasteiger partial charge on any atom is 0.269 e. The Hall–Kier alpha value is -9.18. The second-order valence-corrected chi connectivity index (χ2v) is 13.7. The molecule has 0 fully saturated rings. The Morgan fingerprint density at radius 2 is 0.823 bits per heavy atom. The molecule has 4 N–H and O–H groups in total. The highest BCUT2D eigenvalue weighted by molar-refractivity contribution is 6.13. The number of fused-ring (bicyclic) bond motifs is 2. The van der Waals surface area contributed by atoms with Crippen LogP contribution < -0.4 is 10.6 Å². The van der Waals surface area contributed by atoms with E-state index in [1.54, 1.807) is 72.8 Å². The van der Waals surface area contributed by atoms with Crippen LogP contribution in [0, 0.1) is 20.2 Å². The summed E-state index contributed by atoms with van der Waals surface area (Å²) >= 11 is 0. The van der Waals surface area contributed by atoms with Gasteiger partial charge in [0.15, 0.2) is 11.5 Å². The fourth-order valence-electron chi connectivity index (χ4n) is 6.57. The minimum absolute atomic E-state index is 0.0581. The van der Waals surface area contributed by atoms with E-state index < -0.39 is 21.7 Å². The van der Waals surface area contributed by atoms with E-state index in [9.17, 15) is 40.0 Å². The topological polar surface area (TPSA) is 234 Å². The van der Waals surface area contributed by atoms with Gasteiger partial charge in [-0.2, -0.15) is 10.2 Å². The molecule has 16 heteroatoms. The lowest BCUT2D eigenvalue weighted by atomic mass is 10.0. The molecule has 0 unspecified atom stereocenters. The van der Waals surface area contributed by atoms with E-state index in [1.807, 2.05) is 24.3 Å². The number of nitro groups is 2. The Kier molecular flexibility index (Phi) is 10.8. The molecule has 8 aromatic carbocycles. The van der Waals surface area contributed by atoms with E-state index in [0.717, 1.165) is 11.1 Å². The monoisotopic (exact) mass is 822 g/mol. The van der Waals surface area contributed by atoms with Crippen LogP contribution in [0.4, 0.5) is 45.5 Å². The number of non-ortho nitro benzene ring substituents is 2. The number of nitrogens with one attached hydrogen (secondary N) is 2. The van der Waals surface area contributed by atoms with Crippen LogP contribution in [0.15, 0.2) is 178 Å². The van der Waals surface area contributed by atoms with Crippen molar-refractivity contribution in [3.05, 3.63) is 189 Å². The van der Waals surface area contributed by atoms with Gasteiger partial charge in [0.05, 0.1) is 32.3 Å². The third kappa shape index (κ3) is 8.36. The predicted octanol–water partition coefficient (Wildman–Crippen LogP) is 12.2. The van der Waals surface area contributed by atoms with Gasteiger partial charge in [-0.25, -0.2) is 0 Å². The molecule has 0 bridgehead atoms. The number of azo groups is 2. The molecule has 62 heavy (non-hydrogen) atoms. The number of phenols is 2. The number of hydrogen-bond acceptors (Lipinski definition) is 12. The number of phenolic OH excluding ortho intramolecular Hbond substituents is 2. The molecule has 2 amide bonds. The molecule has 8 rings (SSSR count). The van der Waals surface area contributed by atoms with Gasteiger partial charge in [0.2, 0.25) is 0 Å². The summed E-state index contributed by atoms with van der Waals surface area (Å²) in [4.78, 5) is 47.5. The van der Waals surface area contributed by atoms with Gasteiger partial charge in [-0.15, -0.1) is 10.2 Å². The van der Waals surface area contributed by atoms with Crippen LogP contribution in [-0.2, 0) is 0 Å². The molecule has 16 nitrogen and oxygen atoms in total. The second kappa shape index (κ2) is 17.0. The number of carbonyl (C=O) groups is 2. The molecule has 0 aliphatic carbocycles. The summed E-state index contributed by atoms with van der Waals surface area (Å²) < 4.78 is 0. The molecule has 0 spiro atoms. The highest BCUT2D eigenvalue weighted by atomic mass is 16.6. The van der Waals surface area contributed by atoms with Gasteiger partial charge < -0.3 is 20.8 Å². The Balaban J connectivity index is 0.988. The summed E-state index contributed by atoms with van der Waals surface area (Å²) in [5, 5.41) is 69.6. The summed E-state index contributed by atoms with van der Waals surface area (Å²) in [5.74, 6) is -2.05. The van der Waals surface area contributed by atoms with Gasteiger partial charge in [-0.3, -0.25) is 29.8 Å². The van der Waals surface area contributed by atoms with Crippen molar-refractivity contribution in [2.24, 2.45) is 20.5 Å². The Bertz CT molecular complexity index is 2910. The van der Waals surface area contributed by atoms with Crippen LogP contribution in [0.5, 0.6) is 11.5 Å². The zero-order chi connectivity index (χ0) is 43.3. The summed E-state index contributed by atoms with van der Waals surface area (Å²) in [5.41, 5.74) is 3.05. The molecule has 0 heterocycles. The first-order valence-electron chi connectivity index (χ1n) is 18.7. The van der Waals surface area contributed by atoms with Crippen molar-refractivity contribution < 1.29 is 29.6 Å². The van der Waals surface area contributed by atoms with Crippen LogP contribution in [-0.4, -0.2) is 31.9 Å². The standard InChI is InChI=1S/C46H30N8O8/c55-43-39(45(57)47-31-17-21-35(22-18-31)53(59)60)25-29-5-1-3-7-37(29)41(43)51-49-33-13-9-27(10-14-33)28-11-15-34(16-12-28)50-52-42-38-8-4-2-6-30(38)26-40(44(42)56)46(58)48-32-19-23-36(24-20-32)54(61)62/h1-26,55-56H,(H,47,57)(H,48,58). The number of anilines is 2. The highest BCUT2D eigenvalue weighted by Crippen LogP contribution is 2.41. The molecule has 0 saturated carbocycles. The van der Waals surface area contributed by atoms with E-state index in [2.05, 4.69) is 31.1 Å². The van der Waals surface area contributed by atoms with Gasteiger partial charge in [0.25, 0.3) is 23.2 Å². The number of amides is 2. The SMILES string of the molecule is O=C(Nc1ccc([N+](=O)[O-])cc1)c1cc2ccccc2c(N=Nc2ccc(-c3ccc(N=Nc4c(O)c(C(=O)Nc5ccc([N+](=O)[O-])cc5)cc5ccccc45)cc3)cc2)c1O. The molecular weight excluding hydrogens is 793 g/mol. The average Bonchev–Trinajstić information content (AvgIpc) is 3.28. The van der Waals surface area contributed by atoms with Crippen molar-refractivity contribution in [3.8, 4) is 22.6 Å². The lowest BCUT2D eigenvalue weighted by Crippen LogP contribution is -2.12. The third-order valence-electron chi connectivity index (χ3n) is 9.75. The molecule has 0 aliphatic rings. The van der Waals surface area contributed by atoms with E-state index in [1.165, 1.54) is 60.7 Å². The number of rotatable bonds is 11. The van der Waals surface area contributed by atoms with E-state index in [4.69, 9.17) is 0 Å². The third-order valence-corrected chi connectivity index (χ3v) is 9.75. The Morgan fingerprint density at radius 1 is 0.468 bits per heavy atom. The maximum absolute atomic E-state index is 13.3. The smallest absolute Gasteiger partial charge is 0.269 e. The molecular formula is C46H30N8O8. The number of aromatic hydroxyl groups is 2. The van der Waals surface area contributed by atoms with Gasteiger partial charge in [0.1, 0.15) is 11.4 Å². The molecule has 0 saturated heterocycles. The van der Waals surface area contributed by atoms with Gasteiger partial charge >= 0.3 is 0 Å². The molecule has 0 aromatic heterocycles. The first-order chi connectivity index (χ1) is 30.0. The van der Waals surface area contributed by atoms with E-state index in [-0.39, 0.29) is 45.4 Å². The number of hydrogen-bond donors (Lipinski definition) is 4. The predicted molar refractivity (Wildman–Crippen MR) is 234 cm³/mol. The number of nitrogens with zero attached hydrogens (tertiary/aromatic N) is 6. The van der Waals surface area contributed by atoms with Crippen LogP contribution >= 0.6 is 0 Å². The summed E-state index contributed by atoms with van der Waals surface area (Å²) in [7, 11) is 0. The maximum atomic E-state index is 13.3. The minimum atomic E-state index is -0.640. The van der Waals surface area contributed by atoms with Crippen LogP contribution in [0.1, 0.15) is 20.7 Å². The normalized spacial score (nSPS) is 11.3. The van der Waals surface area contributed by atoms with Crippen molar-refractivity contribution in [3.63, 3.8) is 0 Å². The first-order valence-corrected chi connectivity index (χ1v) is 18.7. The lowest BCUT2D eigenvalue weighted by molar-refractivity contribution is -0.385. The fraction of sp³-hybridized carbons (Fsp3) is 0. The van der Waals surface area contributed by atoms with Crippen LogP contribution in [0.3, 0.4) is 0 Å². The zero-order valence-electron chi connectivity index (χ0n) is 32.0. The van der Waals surface area contributed by atoms with Gasteiger partial charge in [0, 0.05) is 46.4 Å². The van der Waals surface area contributed by atoms with Crippen LogP contribution in [0.2, 0.25) is 0 Å². The van der Waals surface area contributed by atoms with Gasteiger partial charge in [-0.05, 0) is 82.6 Å². The second-order valence-electron chi connectivity index (χ2n) is 13.7. The quantitative estimate of drug-likeness (QED) is 0.0555. The number of nitro benzene ring substituents is 2. The van der Waals surface area contributed by atoms with Gasteiger partial charge in [-0.1, -0.05) is 72.8 Å². The Labute approximate surface area is 350 Å². The summed E-state index contributed by atoms with van der Waals surface area (Å²) in [6.45, 7) is 0. The number of benzene rings is 8.